The maximum Gasteiger partial charge on any atom is 0.182 e. The van der Waals surface area contributed by atoms with E-state index in [4.69, 9.17) is 0 Å². The van der Waals surface area contributed by atoms with Gasteiger partial charge in [-0.2, -0.15) is 0 Å². The Labute approximate surface area is 104 Å². The molecule has 0 amide bonds. The summed E-state index contributed by atoms with van der Waals surface area (Å²) < 4.78 is 2.09. The minimum absolute atomic E-state index is 0. The first kappa shape index (κ1) is 19.6. The molecule has 1 rings (SSSR count). The summed E-state index contributed by atoms with van der Waals surface area (Å²) in [6.07, 6.45) is 4.03. The predicted octanol–water partition coefficient (Wildman–Crippen LogP) is -1.46. The summed E-state index contributed by atoms with van der Waals surface area (Å²) in [6, 6.07) is 3.96. The van der Waals surface area contributed by atoms with Crippen molar-refractivity contribution in [2.45, 2.75) is 18.4 Å². The van der Waals surface area contributed by atoms with E-state index < -0.39 is 0 Å². The lowest BCUT2D eigenvalue weighted by Gasteiger charge is -1.89. The molecule has 0 unspecified atom stereocenters. The lowest BCUT2D eigenvalue weighted by Crippen LogP contribution is -3.00. The van der Waals surface area contributed by atoms with Gasteiger partial charge in [0.25, 0.3) is 0 Å². The topological polar surface area (TPSA) is 15.9 Å². The molecule has 0 aromatic carbocycles. The van der Waals surface area contributed by atoms with Crippen LogP contribution in [0, 0.1) is 0 Å². The lowest BCUT2D eigenvalue weighted by atomic mass is 10.5. The third-order valence-electron chi connectivity index (χ3n) is 1.21. The van der Waals surface area contributed by atoms with Crippen molar-refractivity contribution in [1.29, 1.82) is 0 Å². The molecule has 5 heteroatoms. The quantitative estimate of drug-likeness (QED) is 0.464. The number of nitrogens with zero attached hydrogens (tertiary/aromatic N) is 1. The van der Waals surface area contributed by atoms with E-state index in [1.54, 1.807) is 0 Å². The average molecular weight is 257 g/mol. The Balaban J connectivity index is -0.000000218. The van der Waals surface area contributed by atoms with Crippen LogP contribution in [0.1, 0.15) is 6.92 Å². The monoisotopic (exact) mass is 256 g/mol. The van der Waals surface area contributed by atoms with Crippen molar-refractivity contribution in [3.05, 3.63) is 24.5 Å². The number of aryl methyl sites for hydroxylation is 1. The highest BCUT2D eigenvalue weighted by atomic mass is 35.5. The fraction of sp³-hybridized carbons (Fsp3) is 0.444. The summed E-state index contributed by atoms with van der Waals surface area (Å²) >= 11 is 4.19. The zero-order valence-corrected chi connectivity index (χ0v) is 11.2. The van der Waals surface area contributed by atoms with Gasteiger partial charge in [0.1, 0.15) is 6.54 Å². The first-order valence-electron chi connectivity index (χ1n) is 4.01. The third-order valence-corrected chi connectivity index (χ3v) is 1.47. The highest BCUT2D eigenvalue weighted by Crippen LogP contribution is 1.97. The maximum atomic E-state index is 4.19. The van der Waals surface area contributed by atoms with Crippen LogP contribution in [0.25, 0.3) is 0 Å². The van der Waals surface area contributed by atoms with Gasteiger partial charge in [0.05, 0.1) is 4.90 Å². The summed E-state index contributed by atoms with van der Waals surface area (Å²) in [6.45, 7) is 3.11. The van der Waals surface area contributed by atoms with Gasteiger partial charge in [-0.3, -0.25) is 0 Å². The largest absolute Gasteiger partial charge is 1.00 e. The van der Waals surface area contributed by atoms with Gasteiger partial charge < -0.3 is 17.7 Å². The lowest BCUT2D eigenvalue weighted by molar-refractivity contribution is -0.695. The molecule has 0 saturated heterocycles. The van der Waals surface area contributed by atoms with Gasteiger partial charge in [0.2, 0.25) is 0 Å². The standard InChI is InChI=1S/C7H9NS.C2H7N.2ClH/c1-2-8-5-3-4-7(9)6-8;1-3-2;;/h3-6H,2H2,1H3;3H,1-2H3;2*1H. The SMILES string of the molecule is CC[n+]1cccc(S)c1.CNC.Cl.[Cl-]. The van der Waals surface area contributed by atoms with Crippen LogP contribution < -0.4 is 22.3 Å². The molecule has 1 heterocycles. The molecule has 0 aliphatic carbocycles. The van der Waals surface area contributed by atoms with E-state index in [1.165, 1.54) is 0 Å². The van der Waals surface area contributed by atoms with Gasteiger partial charge >= 0.3 is 0 Å². The van der Waals surface area contributed by atoms with Crippen molar-refractivity contribution in [2.24, 2.45) is 0 Å². The fourth-order valence-corrected chi connectivity index (χ4v) is 0.939. The van der Waals surface area contributed by atoms with Crippen LogP contribution in [0.5, 0.6) is 0 Å². The van der Waals surface area contributed by atoms with Crippen molar-refractivity contribution >= 4 is 25.0 Å². The molecule has 0 spiro atoms. The highest BCUT2D eigenvalue weighted by molar-refractivity contribution is 7.80. The smallest absolute Gasteiger partial charge is 0.182 e. The van der Waals surface area contributed by atoms with Crippen LogP contribution in [-0.2, 0) is 6.54 Å². The summed E-state index contributed by atoms with van der Waals surface area (Å²) in [4.78, 5) is 1.01. The van der Waals surface area contributed by atoms with Crippen molar-refractivity contribution in [3.63, 3.8) is 0 Å². The van der Waals surface area contributed by atoms with Crippen molar-refractivity contribution in [2.75, 3.05) is 14.1 Å². The summed E-state index contributed by atoms with van der Waals surface area (Å²) in [5.74, 6) is 0. The molecular formula is C9H18Cl2N2S. The van der Waals surface area contributed by atoms with Gasteiger partial charge in [-0.05, 0) is 27.1 Å². The van der Waals surface area contributed by atoms with E-state index in [9.17, 15) is 0 Å². The van der Waals surface area contributed by atoms with Crippen LogP contribution in [0.3, 0.4) is 0 Å². The predicted molar refractivity (Wildman–Crippen MR) is 61.8 cm³/mol. The van der Waals surface area contributed by atoms with Crippen molar-refractivity contribution in [3.8, 4) is 0 Å². The Kier molecular flexibility index (Phi) is 18.2. The molecular weight excluding hydrogens is 239 g/mol. The molecule has 0 aliphatic rings. The second-order valence-electron chi connectivity index (χ2n) is 2.39. The highest BCUT2D eigenvalue weighted by Gasteiger charge is 1.93. The minimum atomic E-state index is 0. The Morgan fingerprint density at radius 3 is 2.21 bits per heavy atom. The molecule has 0 radical (unpaired) electrons. The zero-order chi connectivity index (χ0) is 9.40. The third kappa shape index (κ3) is 10.1. The van der Waals surface area contributed by atoms with Crippen LogP contribution in [-0.4, -0.2) is 14.1 Å². The molecule has 0 fully saturated rings. The van der Waals surface area contributed by atoms with Crippen LogP contribution in [0.2, 0.25) is 0 Å². The molecule has 0 bridgehead atoms. The summed E-state index contributed by atoms with van der Waals surface area (Å²) in [7, 11) is 3.75. The van der Waals surface area contributed by atoms with E-state index in [0.717, 1.165) is 11.4 Å². The number of rotatable bonds is 1. The van der Waals surface area contributed by atoms with E-state index >= 15 is 0 Å². The van der Waals surface area contributed by atoms with Crippen molar-refractivity contribution in [1.82, 2.24) is 5.32 Å². The molecule has 14 heavy (non-hydrogen) atoms. The van der Waals surface area contributed by atoms with Gasteiger partial charge in [0.15, 0.2) is 12.4 Å². The van der Waals surface area contributed by atoms with Gasteiger partial charge in [-0.1, -0.05) is 0 Å². The summed E-state index contributed by atoms with van der Waals surface area (Å²) in [5, 5.41) is 2.75. The minimum Gasteiger partial charge on any atom is -1.00 e. The van der Waals surface area contributed by atoms with Crippen molar-refractivity contribution < 1.29 is 17.0 Å². The second kappa shape index (κ2) is 13.0. The number of nitrogens with one attached hydrogen (secondary N) is 1. The van der Waals surface area contributed by atoms with Crippen LogP contribution in [0.15, 0.2) is 29.4 Å². The molecule has 2 nitrogen and oxygen atoms in total. The Bertz CT molecular complexity index is 222. The molecule has 0 saturated carbocycles. The molecule has 1 N–H and O–H groups in total. The van der Waals surface area contributed by atoms with Gasteiger partial charge in [-0.25, -0.2) is 4.57 Å². The van der Waals surface area contributed by atoms with E-state index in [-0.39, 0.29) is 24.8 Å². The maximum absolute atomic E-state index is 4.19. The molecule has 1 aromatic rings. The number of hydrogen-bond donors (Lipinski definition) is 2. The number of halogens is 2. The van der Waals surface area contributed by atoms with Gasteiger partial charge in [0, 0.05) is 6.07 Å². The van der Waals surface area contributed by atoms with Crippen LogP contribution >= 0.6 is 25.0 Å². The van der Waals surface area contributed by atoms with E-state index in [0.29, 0.717) is 0 Å². The van der Waals surface area contributed by atoms with Crippen LogP contribution in [0.4, 0.5) is 0 Å². The number of hydrogen-bond acceptors (Lipinski definition) is 2. The molecule has 84 valence electrons. The number of aromatic nitrogens is 1. The Morgan fingerprint density at radius 2 is 1.93 bits per heavy atom. The average Bonchev–Trinajstić information content (AvgIpc) is 2.06. The van der Waals surface area contributed by atoms with E-state index in [1.807, 2.05) is 38.6 Å². The van der Waals surface area contributed by atoms with Gasteiger partial charge in [-0.15, -0.1) is 25.0 Å². The Hall–Kier alpha value is 0.0400. The van der Waals surface area contributed by atoms with E-state index in [2.05, 4.69) is 29.4 Å². The summed E-state index contributed by atoms with van der Waals surface area (Å²) in [5.41, 5.74) is 0. The molecule has 0 aliphatic heterocycles. The normalized spacial score (nSPS) is 7.43. The zero-order valence-electron chi connectivity index (χ0n) is 8.70. The first-order chi connectivity index (χ1) is 5.74. The molecule has 0 atom stereocenters. The first-order valence-corrected chi connectivity index (χ1v) is 4.45. The number of thiol groups is 1. The number of pyridine rings is 1. The fourth-order valence-electron chi connectivity index (χ4n) is 0.705. The second-order valence-corrected chi connectivity index (χ2v) is 2.91. The molecule has 1 aromatic heterocycles. The Morgan fingerprint density at radius 1 is 1.43 bits per heavy atom.